The standard InChI is InChI=1S/C7H13NO3/c1-6(9)11-7-4-8-2-3-10-5-7/h7-8H,2-5H2,1H3. The molecule has 1 aliphatic rings. The highest BCUT2D eigenvalue weighted by molar-refractivity contribution is 5.66. The number of ether oxygens (including phenoxy) is 2. The molecule has 1 unspecified atom stereocenters. The van der Waals surface area contributed by atoms with E-state index in [9.17, 15) is 4.79 Å². The topological polar surface area (TPSA) is 47.6 Å². The van der Waals surface area contributed by atoms with Gasteiger partial charge < -0.3 is 14.8 Å². The minimum atomic E-state index is -0.248. The lowest BCUT2D eigenvalue weighted by molar-refractivity contribution is -0.148. The van der Waals surface area contributed by atoms with Gasteiger partial charge in [-0.1, -0.05) is 0 Å². The summed E-state index contributed by atoms with van der Waals surface area (Å²) in [6.07, 6.45) is -0.116. The summed E-state index contributed by atoms with van der Waals surface area (Å²) in [7, 11) is 0. The maximum atomic E-state index is 10.5. The minimum absolute atomic E-state index is 0.116. The van der Waals surface area contributed by atoms with Crippen LogP contribution < -0.4 is 5.32 Å². The molecule has 1 rings (SSSR count). The molecule has 0 saturated carbocycles. The molecule has 0 spiro atoms. The largest absolute Gasteiger partial charge is 0.459 e. The van der Waals surface area contributed by atoms with Crippen LogP contribution in [0.15, 0.2) is 0 Å². The van der Waals surface area contributed by atoms with Crippen LogP contribution in [-0.4, -0.2) is 38.4 Å². The molecule has 0 radical (unpaired) electrons. The van der Waals surface area contributed by atoms with Crippen LogP contribution in [0.4, 0.5) is 0 Å². The van der Waals surface area contributed by atoms with Crippen molar-refractivity contribution in [1.82, 2.24) is 5.32 Å². The van der Waals surface area contributed by atoms with Gasteiger partial charge in [0.25, 0.3) is 0 Å². The second-order valence-electron chi connectivity index (χ2n) is 2.51. The molecular formula is C7H13NO3. The normalized spacial score (nSPS) is 25.7. The van der Waals surface area contributed by atoms with Crippen molar-refractivity contribution in [3.63, 3.8) is 0 Å². The van der Waals surface area contributed by atoms with Crippen LogP contribution >= 0.6 is 0 Å². The summed E-state index contributed by atoms with van der Waals surface area (Å²) < 4.78 is 10.1. The van der Waals surface area contributed by atoms with Gasteiger partial charge in [-0.15, -0.1) is 0 Å². The van der Waals surface area contributed by atoms with Crippen molar-refractivity contribution in [1.29, 1.82) is 0 Å². The minimum Gasteiger partial charge on any atom is -0.459 e. The molecule has 1 fully saturated rings. The molecule has 0 aromatic heterocycles. The molecule has 1 atom stereocenters. The van der Waals surface area contributed by atoms with Gasteiger partial charge in [-0.3, -0.25) is 4.79 Å². The average molecular weight is 159 g/mol. The number of hydrogen-bond acceptors (Lipinski definition) is 4. The molecule has 1 aliphatic heterocycles. The van der Waals surface area contributed by atoms with Crippen molar-refractivity contribution in [3.05, 3.63) is 0 Å². The van der Waals surface area contributed by atoms with Crippen molar-refractivity contribution in [2.45, 2.75) is 13.0 Å². The van der Waals surface area contributed by atoms with Gasteiger partial charge in [0.1, 0.15) is 6.10 Å². The number of carbonyl (C=O) groups excluding carboxylic acids is 1. The summed E-state index contributed by atoms with van der Waals surface area (Å²) in [4.78, 5) is 10.5. The van der Waals surface area contributed by atoms with E-state index < -0.39 is 0 Å². The van der Waals surface area contributed by atoms with Gasteiger partial charge in [-0.05, 0) is 0 Å². The van der Waals surface area contributed by atoms with Gasteiger partial charge in [-0.2, -0.15) is 0 Å². The average Bonchev–Trinajstić information content (AvgIpc) is 2.14. The maximum Gasteiger partial charge on any atom is 0.303 e. The molecule has 1 heterocycles. The van der Waals surface area contributed by atoms with Gasteiger partial charge in [0.05, 0.1) is 13.2 Å². The molecule has 0 aromatic rings. The first-order valence-corrected chi connectivity index (χ1v) is 3.74. The Morgan fingerprint density at radius 1 is 1.73 bits per heavy atom. The summed E-state index contributed by atoms with van der Waals surface area (Å²) in [5.74, 6) is -0.248. The van der Waals surface area contributed by atoms with Crippen LogP contribution in [0.3, 0.4) is 0 Å². The second-order valence-corrected chi connectivity index (χ2v) is 2.51. The van der Waals surface area contributed by atoms with E-state index >= 15 is 0 Å². The van der Waals surface area contributed by atoms with Crippen molar-refractivity contribution < 1.29 is 14.3 Å². The van der Waals surface area contributed by atoms with Gasteiger partial charge >= 0.3 is 5.97 Å². The van der Waals surface area contributed by atoms with Gasteiger partial charge in [0.15, 0.2) is 0 Å². The summed E-state index contributed by atoms with van der Waals surface area (Å²) in [5, 5.41) is 3.10. The first kappa shape index (κ1) is 8.49. The summed E-state index contributed by atoms with van der Waals surface area (Å²) in [5.41, 5.74) is 0. The fourth-order valence-corrected chi connectivity index (χ4v) is 0.991. The molecule has 0 aromatic carbocycles. The van der Waals surface area contributed by atoms with Crippen LogP contribution in [0.1, 0.15) is 6.92 Å². The molecule has 1 N–H and O–H groups in total. The highest BCUT2D eigenvalue weighted by Crippen LogP contribution is 1.95. The molecular weight excluding hydrogens is 146 g/mol. The molecule has 4 nitrogen and oxygen atoms in total. The number of nitrogens with one attached hydrogen (secondary N) is 1. The van der Waals surface area contributed by atoms with E-state index in [1.807, 2.05) is 0 Å². The molecule has 0 amide bonds. The number of rotatable bonds is 1. The Morgan fingerprint density at radius 2 is 2.55 bits per heavy atom. The lowest BCUT2D eigenvalue weighted by Gasteiger charge is -2.12. The Hall–Kier alpha value is -0.610. The summed E-state index contributed by atoms with van der Waals surface area (Å²) >= 11 is 0. The van der Waals surface area contributed by atoms with Crippen LogP contribution in [0.25, 0.3) is 0 Å². The monoisotopic (exact) mass is 159 g/mol. The van der Waals surface area contributed by atoms with E-state index in [1.54, 1.807) is 0 Å². The fourth-order valence-electron chi connectivity index (χ4n) is 0.991. The Kier molecular flexibility index (Phi) is 3.32. The zero-order valence-electron chi connectivity index (χ0n) is 6.63. The van der Waals surface area contributed by atoms with Crippen molar-refractivity contribution in [2.75, 3.05) is 26.3 Å². The Labute approximate surface area is 65.9 Å². The fraction of sp³-hybridized carbons (Fsp3) is 0.857. The maximum absolute atomic E-state index is 10.5. The van der Waals surface area contributed by atoms with Crippen molar-refractivity contribution in [2.24, 2.45) is 0 Å². The van der Waals surface area contributed by atoms with E-state index in [0.29, 0.717) is 19.8 Å². The van der Waals surface area contributed by atoms with Gasteiger partial charge in [0.2, 0.25) is 0 Å². The van der Waals surface area contributed by atoms with Gasteiger partial charge in [-0.25, -0.2) is 0 Å². The van der Waals surface area contributed by atoms with Gasteiger partial charge in [0, 0.05) is 20.0 Å². The molecule has 4 heteroatoms. The Morgan fingerprint density at radius 3 is 3.27 bits per heavy atom. The SMILES string of the molecule is CC(=O)OC1CNCCOC1. The Bertz CT molecular complexity index is 130. The van der Waals surface area contributed by atoms with E-state index in [4.69, 9.17) is 9.47 Å². The first-order valence-electron chi connectivity index (χ1n) is 3.74. The highest BCUT2D eigenvalue weighted by Gasteiger charge is 2.13. The second kappa shape index (κ2) is 4.31. The van der Waals surface area contributed by atoms with E-state index in [0.717, 1.165) is 6.54 Å². The number of carbonyl (C=O) groups is 1. The van der Waals surface area contributed by atoms with E-state index in [-0.39, 0.29) is 12.1 Å². The lowest BCUT2D eigenvalue weighted by atomic mass is 10.4. The third kappa shape index (κ3) is 3.34. The van der Waals surface area contributed by atoms with E-state index in [2.05, 4.69) is 5.32 Å². The third-order valence-corrected chi connectivity index (χ3v) is 1.43. The highest BCUT2D eigenvalue weighted by atomic mass is 16.6. The quantitative estimate of drug-likeness (QED) is 0.526. The zero-order valence-corrected chi connectivity index (χ0v) is 6.63. The molecule has 0 aliphatic carbocycles. The summed E-state index contributed by atoms with van der Waals surface area (Å²) in [6.45, 7) is 4.13. The molecule has 1 saturated heterocycles. The predicted octanol–water partition coefficient (Wildman–Crippen LogP) is -0.462. The first-order chi connectivity index (χ1) is 5.29. The van der Waals surface area contributed by atoms with Crippen LogP contribution in [0, 0.1) is 0 Å². The predicted molar refractivity (Wildman–Crippen MR) is 39.2 cm³/mol. The molecule has 0 bridgehead atoms. The van der Waals surface area contributed by atoms with Crippen LogP contribution in [0.2, 0.25) is 0 Å². The van der Waals surface area contributed by atoms with Crippen LogP contribution in [0.5, 0.6) is 0 Å². The number of esters is 1. The lowest BCUT2D eigenvalue weighted by Crippen LogP contribution is -2.30. The van der Waals surface area contributed by atoms with Crippen molar-refractivity contribution >= 4 is 5.97 Å². The molecule has 11 heavy (non-hydrogen) atoms. The molecule has 64 valence electrons. The smallest absolute Gasteiger partial charge is 0.303 e. The number of hydrogen-bond donors (Lipinski definition) is 1. The van der Waals surface area contributed by atoms with Crippen molar-refractivity contribution in [3.8, 4) is 0 Å². The van der Waals surface area contributed by atoms with Crippen LogP contribution in [-0.2, 0) is 14.3 Å². The Balaban J connectivity index is 2.25. The summed E-state index contributed by atoms with van der Waals surface area (Å²) in [6, 6.07) is 0. The third-order valence-electron chi connectivity index (χ3n) is 1.43. The van der Waals surface area contributed by atoms with E-state index in [1.165, 1.54) is 6.92 Å². The zero-order chi connectivity index (χ0) is 8.10.